The molecule has 27 heavy (non-hydrogen) atoms. The van der Waals surface area contributed by atoms with E-state index in [4.69, 9.17) is 4.74 Å². The zero-order valence-corrected chi connectivity index (χ0v) is 16.3. The van der Waals surface area contributed by atoms with Crippen LogP contribution in [0.1, 0.15) is 18.1 Å². The number of ether oxygens (including phenoxy) is 1. The number of carbonyl (C=O) groups is 1. The van der Waals surface area contributed by atoms with Gasteiger partial charge in [0.05, 0.1) is 11.5 Å². The summed E-state index contributed by atoms with van der Waals surface area (Å²) in [5.74, 6) is 0.485. The highest BCUT2D eigenvalue weighted by Crippen LogP contribution is 2.13. The van der Waals surface area contributed by atoms with Crippen molar-refractivity contribution >= 4 is 22.0 Å². The van der Waals surface area contributed by atoms with Gasteiger partial charge in [-0.15, -0.1) is 0 Å². The Morgan fingerprint density at radius 3 is 2.33 bits per heavy atom. The van der Waals surface area contributed by atoms with Crippen molar-refractivity contribution in [3.8, 4) is 5.75 Å². The minimum absolute atomic E-state index is 0.110. The molecule has 0 aliphatic rings. The van der Waals surface area contributed by atoms with E-state index in [1.807, 2.05) is 38.1 Å². The van der Waals surface area contributed by atoms with Gasteiger partial charge in [0.15, 0.2) is 0 Å². The number of nitrogens with one attached hydrogen (secondary N) is 2. The van der Waals surface area contributed by atoms with Crippen LogP contribution in [0.4, 0.5) is 0 Å². The third-order valence-corrected chi connectivity index (χ3v) is 5.14. The summed E-state index contributed by atoms with van der Waals surface area (Å²) >= 11 is 0. The van der Waals surface area contributed by atoms with E-state index in [1.165, 1.54) is 6.08 Å². The summed E-state index contributed by atoms with van der Waals surface area (Å²) in [4.78, 5) is 12.0. The minimum Gasteiger partial charge on any atom is -0.494 e. The van der Waals surface area contributed by atoms with E-state index < -0.39 is 10.0 Å². The van der Waals surface area contributed by atoms with Crippen molar-refractivity contribution in [1.29, 1.82) is 0 Å². The lowest BCUT2D eigenvalue weighted by Crippen LogP contribution is -2.34. The summed E-state index contributed by atoms with van der Waals surface area (Å²) in [6.45, 7) is 4.71. The first-order valence-corrected chi connectivity index (χ1v) is 10.1. The molecule has 0 bridgehead atoms. The quantitative estimate of drug-likeness (QED) is 0.511. The highest BCUT2D eigenvalue weighted by molar-refractivity contribution is 7.89. The van der Waals surface area contributed by atoms with Crippen LogP contribution in [0.25, 0.3) is 6.08 Å². The minimum atomic E-state index is -3.57. The largest absolute Gasteiger partial charge is 0.494 e. The van der Waals surface area contributed by atoms with E-state index >= 15 is 0 Å². The summed E-state index contributed by atoms with van der Waals surface area (Å²) in [7, 11) is -3.57. The maximum Gasteiger partial charge on any atom is 0.244 e. The van der Waals surface area contributed by atoms with E-state index in [1.54, 1.807) is 30.3 Å². The molecule has 0 unspecified atom stereocenters. The van der Waals surface area contributed by atoms with E-state index in [-0.39, 0.29) is 23.9 Å². The normalized spacial score (nSPS) is 11.5. The van der Waals surface area contributed by atoms with Crippen molar-refractivity contribution < 1.29 is 17.9 Å². The predicted molar refractivity (Wildman–Crippen MR) is 106 cm³/mol. The molecule has 2 N–H and O–H groups in total. The number of amides is 1. The standard InChI is InChI=1S/C20H24N2O4S/c1-3-26-18-9-6-17(7-10-18)8-13-20(23)21-14-15-22-27(24,25)19-11-4-16(2)5-12-19/h4-13,22H,3,14-15H2,1-2H3,(H,21,23)/b13-8+. The van der Waals surface area contributed by atoms with E-state index in [9.17, 15) is 13.2 Å². The van der Waals surface area contributed by atoms with Crippen LogP contribution in [0.5, 0.6) is 5.75 Å². The molecule has 144 valence electrons. The molecule has 6 nitrogen and oxygen atoms in total. The second-order valence-electron chi connectivity index (χ2n) is 5.84. The highest BCUT2D eigenvalue weighted by Gasteiger charge is 2.12. The molecule has 0 radical (unpaired) electrons. The van der Waals surface area contributed by atoms with Crippen molar-refractivity contribution in [3.63, 3.8) is 0 Å². The average molecular weight is 388 g/mol. The highest BCUT2D eigenvalue weighted by atomic mass is 32.2. The molecule has 2 aromatic rings. The Labute approximate surface area is 160 Å². The monoisotopic (exact) mass is 388 g/mol. The van der Waals surface area contributed by atoms with Gasteiger partial charge in [0, 0.05) is 19.2 Å². The van der Waals surface area contributed by atoms with Crippen LogP contribution in [0, 0.1) is 6.92 Å². The van der Waals surface area contributed by atoms with Gasteiger partial charge >= 0.3 is 0 Å². The Balaban J connectivity index is 1.76. The van der Waals surface area contributed by atoms with Crippen LogP contribution in [-0.4, -0.2) is 34.0 Å². The van der Waals surface area contributed by atoms with E-state index in [0.29, 0.717) is 6.61 Å². The molecule has 1 amide bonds. The predicted octanol–water partition coefficient (Wildman–Crippen LogP) is 2.50. The van der Waals surface area contributed by atoms with Crippen molar-refractivity contribution in [3.05, 3.63) is 65.7 Å². The van der Waals surface area contributed by atoms with Gasteiger partial charge in [0.1, 0.15) is 5.75 Å². The van der Waals surface area contributed by atoms with Gasteiger partial charge in [-0.25, -0.2) is 13.1 Å². The number of aryl methyl sites for hydroxylation is 1. The maximum atomic E-state index is 12.1. The van der Waals surface area contributed by atoms with Gasteiger partial charge in [0.25, 0.3) is 0 Å². The Kier molecular flexibility index (Phi) is 7.57. The van der Waals surface area contributed by atoms with Crippen LogP contribution in [-0.2, 0) is 14.8 Å². The number of rotatable bonds is 9. The van der Waals surface area contributed by atoms with Gasteiger partial charge in [-0.3, -0.25) is 4.79 Å². The molecule has 0 saturated heterocycles. The lowest BCUT2D eigenvalue weighted by atomic mass is 10.2. The smallest absolute Gasteiger partial charge is 0.244 e. The molecule has 0 aliphatic heterocycles. The van der Waals surface area contributed by atoms with E-state index in [2.05, 4.69) is 10.0 Å². The first kappa shape index (κ1) is 20.7. The summed E-state index contributed by atoms with van der Waals surface area (Å²) < 4.78 is 32.1. The molecule has 2 rings (SSSR count). The zero-order valence-electron chi connectivity index (χ0n) is 15.4. The lowest BCUT2D eigenvalue weighted by Gasteiger charge is -2.07. The second kappa shape index (κ2) is 9.89. The number of hydrogen-bond donors (Lipinski definition) is 2. The molecule has 0 atom stereocenters. The van der Waals surface area contributed by atoms with Crippen LogP contribution in [0.3, 0.4) is 0 Å². The van der Waals surface area contributed by atoms with Crippen LogP contribution < -0.4 is 14.8 Å². The molecule has 0 aromatic heterocycles. The number of hydrogen-bond acceptors (Lipinski definition) is 4. The van der Waals surface area contributed by atoms with Gasteiger partial charge in [-0.2, -0.15) is 0 Å². The molecule has 7 heteroatoms. The Morgan fingerprint density at radius 1 is 1.04 bits per heavy atom. The van der Waals surface area contributed by atoms with Crippen LogP contribution >= 0.6 is 0 Å². The topological polar surface area (TPSA) is 84.5 Å². The Morgan fingerprint density at radius 2 is 1.70 bits per heavy atom. The zero-order chi connectivity index (χ0) is 19.7. The third kappa shape index (κ3) is 6.88. The first-order chi connectivity index (χ1) is 12.9. The maximum absolute atomic E-state index is 12.1. The number of carbonyl (C=O) groups excluding carboxylic acids is 1. The van der Waals surface area contributed by atoms with Crippen molar-refractivity contribution in [2.75, 3.05) is 19.7 Å². The SMILES string of the molecule is CCOc1ccc(/C=C/C(=O)NCCNS(=O)(=O)c2ccc(C)cc2)cc1. The summed E-state index contributed by atoms with van der Waals surface area (Å²) in [5, 5.41) is 2.64. The van der Waals surface area contributed by atoms with Gasteiger partial charge in [-0.1, -0.05) is 29.8 Å². The van der Waals surface area contributed by atoms with Crippen LogP contribution in [0.2, 0.25) is 0 Å². The molecular weight excluding hydrogens is 364 g/mol. The molecule has 0 aliphatic carbocycles. The fraction of sp³-hybridized carbons (Fsp3) is 0.250. The summed E-state index contributed by atoms with van der Waals surface area (Å²) in [6.07, 6.45) is 3.09. The molecular formula is C20H24N2O4S. The summed E-state index contributed by atoms with van der Waals surface area (Å²) in [5.41, 5.74) is 1.86. The van der Waals surface area contributed by atoms with Gasteiger partial charge in [-0.05, 0) is 49.8 Å². The van der Waals surface area contributed by atoms with Crippen molar-refractivity contribution in [1.82, 2.24) is 10.0 Å². The Hall–Kier alpha value is -2.64. The van der Waals surface area contributed by atoms with Crippen molar-refractivity contribution in [2.24, 2.45) is 0 Å². The van der Waals surface area contributed by atoms with E-state index in [0.717, 1.165) is 16.9 Å². The summed E-state index contributed by atoms with van der Waals surface area (Å²) in [6, 6.07) is 14.0. The average Bonchev–Trinajstić information content (AvgIpc) is 2.65. The number of benzene rings is 2. The van der Waals surface area contributed by atoms with Gasteiger partial charge < -0.3 is 10.1 Å². The number of sulfonamides is 1. The fourth-order valence-electron chi connectivity index (χ4n) is 2.24. The van der Waals surface area contributed by atoms with Crippen molar-refractivity contribution in [2.45, 2.75) is 18.7 Å². The molecule has 0 heterocycles. The molecule has 2 aromatic carbocycles. The molecule has 0 fully saturated rings. The fourth-order valence-corrected chi connectivity index (χ4v) is 3.28. The van der Waals surface area contributed by atoms with Crippen LogP contribution in [0.15, 0.2) is 59.5 Å². The molecule has 0 spiro atoms. The Bertz CT molecular complexity index is 873. The third-order valence-electron chi connectivity index (χ3n) is 3.67. The second-order valence-corrected chi connectivity index (χ2v) is 7.60. The van der Waals surface area contributed by atoms with Gasteiger partial charge in [0.2, 0.25) is 15.9 Å². The molecule has 0 saturated carbocycles. The first-order valence-electron chi connectivity index (χ1n) is 8.66. The lowest BCUT2D eigenvalue weighted by molar-refractivity contribution is -0.116.